The Bertz CT molecular complexity index is 830. The molecule has 2 aromatic rings. The molecule has 0 saturated heterocycles. The van der Waals surface area contributed by atoms with Crippen molar-refractivity contribution in [1.82, 2.24) is 0 Å². The van der Waals surface area contributed by atoms with Crippen LogP contribution >= 0.6 is 0 Å². The van der Waals surface area contributed by atoms with Crippen LogP contribution in [0.3, 0.4) is 0 Å². The Morgan fingerprint density at radius 2 is 1.83 bits per heavy atom. The molecule has 0 atom stereocenters. The molecule has 0 aliphatic rings. The van der Waals surface area contributed by atoms with E-state index >= 15 is 0 Å². The lowest BCUT2D eigenvalue weighted by Gasteiger charge is -2.01. The number of benzene rings is 2. The molecule has 1 amide bonds. The van der Waals surface area contributed by atoms with Crippen molar-refractivity contribution in [3.63, 3.8) is 0 Å². The number of ketones is 1. The van der Waals surface area contributed by atoms with Gasteiger partial charge in [-0.15, -0.1) is 0 Å². The van der Waals surface area contributed by atoms with Crippen LogP contribution in [0.25, 0.3) is 0 Å². The molecule has 0 unspecified atom stereocenters. The summed E-state index contributed by atoms with van der Waals surface area (Å²) in [6.45, 7) is 1.40. The minimum atomic E-state index is -0.534. The lowest BCUT2D eigenvalue weighted by molar-refractivity contribution is -0.384. The Labute approximate surface area is 132 Å². The summed E-state index contributed by atoms with van der Waals surface area (Å²) in [6, 6.07) is 12.0. The lowest BCUT2D eigenvalue weighted by atomic mass is 10.1. The maximum absolute atomic E-state index is 11.9. The first-order valence-electron chi connectivity index (χ1n) is 6.64. The molecule has 0 bridgehead atoms. The van der Waals surface area contributed by atoms with Gasteiger partial charge < -0.3 is 5.32 Å². The number of Topliss-reactive ketones (excluding diaryl/α,β-unsaturated/α-hetero) is 1. The number of nitro groups is 1. The van der Waals surface area contributed by atoms with E-state index in [9.17, 15) is 19.7 Å². The van der Waals surface area contributed by atoms with E-state index in [1.807, 2.05) is 0 Å². The molecule has 0 fully saturated rings. The zero-order chi connectivity index (χ0) is 16.8. The van der Waals surface area contributed by atoms with Crippen LogP contribution in [0.2, 0.25) is 0 Å². The lowest BCUT2D eigenvalue weighted by Crippen LogP contribution is -2.05. The van der Waals surface area contributed by atoms with Gasteiger partial charge in [-0.2, -0.15) is 0 Å². The number of carbonyl (C=O) groups excluding carboxylic acids is 2. The first-order chi connectivity index (χ1) is 11.0. The van der Waals surface area contributed by atoms with Crippen LogP contribution < -0.4 is 5.32 Å². The molecule has 1 N–H and O–H groups in total. The maximum atomic E-state index is 11.9. The molecule has 114 valence electrons. The van der Waals surface area contributed by atoms with Gasteiger partial charge >= 0.3 is 0 Å². The van der Waals surface area contributed by atoms with E-state index in [1.54, 1.807) is 24.3 Å². The van der Waals surface area contributed by atoms with Crippen molar-refractivity contribution < 1.29 is 14.5 Å². The summed E-state index contributed by atoms with van der Waals surface area (Å²) in [5.74, 6) is 4.55. The highest BCUT2D eigenvalue weighted by molar-refractivity contribution is 6.09. The zero-order valence-electron chi connectivity index (χ0n) is 12.2. The number of nitro benzene ring substituents is 1. The standard InChI is InChI=1S/C17H12N2O4/c1-12(20)18-15-4-2-3-13(11-15)5-10-17(21)14-6-8-16(9-7-14)19(22)23/h2-4,6-9,11H,1H3,(H,18,20). The molecule has 0 heterocycles. The normalized spacial score (nSPS) is 9.43. The number of nitrogens with one attached hydrogen (secondary N) is 1. The number of anilines is 1. The van der Waals surface area contributed by atoms with Crippen molar-refractivity contribution in [3.8, 4) is 11.8 Å². The van der Waals surface area contributed by atoms with Gasteiger partial charge in [0.2, 0.25) is 11.7 Å². The van der Waals surface area contributed by atoms with Crippen LogP contribution in [0.15, 0.2) is 48.5 Å². The monoisotopic (exact) mass is 308 g/mol. The van der Waals surface area contributed by atoms with Crippen LogP contribution in [-0.2, 0) is 4.79 Å². The van der Waals surface area contributed by atoms with Crippen molar-refractivity contribution in [2.75, 3.05) is 5.32 Å². The topological polar surface area (TPSA) is 89.3 Å². The van der Waals surface area contributed by atoms with Gasteiger partial charge in [0.15, 0.2) is 0 Å². The van der Waals surface area contributed by atoms with E-state index in [0.717, 1.165) is 0 Å². The largest absolute Gasteiger partial charge is 0.326 e. The number of non-ortho nitro benzene ring substituents is 1. The number of hydrogen-bond acceptors (Lipinski definition) is 4. The molecule has 6 heteroatoms. The smallest absolute Gasteiger partial charge is 0.269 e. The SMILES string of the molecule is CC(=O)Nc1cccc(C#CC(=O)c2ccc([N+](=O)[O-])cc2)c1. The Kier molecular flexibility index (Phi) is 4.85. The molecule has 2 rings (SSSR count). The Morgan fingerprint density at radius 3 is 2.43 bits per heavy atom. The van der Waals surface area contributed by atoms with Gasteiger partial charge in [-0.25, -0.2) is 0 Å². The van der Waals surface area contributed by atoms with Gasteiger partial charge in [0, 0.05) is 35.9 Å². The number of rotatable bonds is 3. The zero-order valence-corrected chi connectivity index (χ0v) is 12.2. The van der Waals surface area contributed by atoms with Gasteiger partial charge in [-0.1, -0.05) is 12.0 Å². The molecule has 2 aromatic carbocycles. The highest BCUT2D eigenvalue weighted by Crippen LogP contribution is 2.12. The first kappa shape index (κ1) is 15.9. The van der Waals surface area contributed by atoms with Crippen molar-refractivity contribution in [2.24, 2.45) is 0 Å². The molecule has 0 aliphatic carbocycles. The van der Waals surface area contributed by atoms with Gasteiger partial charge in [-0.05, 0) is 36.3 Å². The number of carbonyl (C=O) groups is 2. The Hall–Kier alpha value is -3.46. The third kappa shape index (κ3) is 4.51. The van der Waals surface area contributed by atoms with E-state index < -0.39 is 10.7 Å². The third-order valence-corrected chi connectivity index (χ3v) is 2.84. The Morgan fingerprint density at radius 1 is 1.13 bits per heavy atom. The molecule has 0 aromatic heterocycles. The van der Waals surface area contributed by atoms with Crippen molar-refractivity contribution >= 4 is 23.1 Å². The quantitative estimate of drug-likeness (QED) is 0.408. The first-order valence-corrected chi connectivity index (χ1v) is 6.64. The van der Waals surface area contributed by atoms with Crippen LogP contribution in [0.5, 0.6) is 0 Å². The fraction of sp³-hybridized carbons (Fsp3) is 0.0588. The van der Waals surface area contributed by atoms with Crippen molar-refractivity contribution in [3.05, 3.63) is 69.8 Å². The minimum Gasteiger partial charge on any atom is -0.326 e. The summed E-state index contributed by atoms with van der Waals surface area (Å²) in [5.41, 5.74) is 1.36. The van der Waals surface area contributed by atoms with E-state index in [0.29, 0.717) is 11.3 Å². The summed E-state index contributed by atoms with van der Waals surface area (Å²) in [6.07, 6.45) is 0. The van der Waals surface area contributed by atoms with E-state index in [1.165, 1.54) is 31.2 Å². The predicted octanol–water partition coefficient (Wildman–Crippen LogP) is 2.79. The maximum Gasteiger partial charge on any atom is 0.269 e. The van der Waals surface area contributed by atoms with Crippen molar-refractivity contribution in [1.29, 1.82) is 0 Å². The summed E-state index contributed by atoms with van der Waals surface area (Å²) in [7, 11) is 0. The second-order valence-electron chi connectivity index (χ2n) is 4.65. The average Bonchev–Trinajstić information content (AvgIpc) is 2.52. The summed E-state index contributed by atoms with van der Waals surface area (Å²) in [4.78, 5) is 33.0. The van der Waals surface area contributed by atoms with Gasteiger partial charge in [0.25, 0.3) is 5.69 Å². The summed E-state index contributed by atoms with van der Waals surface area (Å²) >= 11 is 0. The van der Waals surface area contributed by atoms with Crippen LogP contribution in [-0.4, -0.2) is 16.6 Å². The van der Waals surface area contributed by atoms with E-state index in [4.69, 9.17) is 0 Å². The highest BCUT2D eigenvalue weighted by Gasteiger charge is 2.07. The van der Waals surface area contributed by atoms with Gasteiger partial charge in [0.05, 0.1) is 4.92 Å². The predicted molar refractivity (Wildman–Crippen MR) is 85.1 cm³/mol. The minimum absolute atomic E-state index is 0.0856. The van der Waals surface area contributed by atoms with E-state index in [2.05, 4.69) is 17.2 Å². The second-order valence-corrected chi connectivity index (χ2v) is 4.65. The van der Waals surface area contributed by atoms with Gasteiger partial charge in [-0.3, -0.25) is 19.7 Å². The van der Waals surface area contributed by atoms with E-state index in [-0.39, 0.29) is 17.2 Å². The van der Waals surface area contributed by atoms with Crippen molar-refractivity contribution in [2.45, 2.75) is 6.92 Å². The third-order valence-electron chi connectivity index (χ3n) is 2.84. The molecular formula is C17H12N2O4. The molecular weight excluding hydrogens is 296 g/mol. The fourth-order valence-corrected chi connectivity index (χ4v) is 1.81. The number of hydrogen-bond donors (Lipinski definition) is 1. The van der Waals surface area contributed by atoms with Crippen LogP contribution in [0, 0.1) is 22.0 Å². The molecule has 0 saturated carbocycles. The van der Waals surface area contributed by atoms with Crippen LogP contribution in [0.1, 0.15) is 22.8 Å². The average molecular weight is 308 g/mol. The molecule has 23 heavy (non-hydrogen) atoms. The Balaban J connectivity index is 2.16. The molecule has 6 nitrogen and oxygen atoms in total. The second kappa shape index (κ2) is 7.00. The number of nitrogens with zero attached hydrogens (tertiary/aromatic N) is 1. The van der Waals surface area contributed by atoms with Crippen LogP contribution in [0.4, 0.5) is 11.4 Å². The summed E-state index contributed by atoms with van der Waals surface area (Å²) in [5, 5.41) is 13.2. The summed E-state index contributed by atoms with van der Waals surface area (Å²) < 4.78 is 0. The van der Waals surface area contributed by atoms with Gasteiger partial charge in [0.1, 0.15) is 0 Å². The highest BCUT2D eigenvalue weighted by atomic mass is 16.6. The molecule has 0 spiro atoms. The molecule has 0 aliphatic heterocycles. The fourth-order valence-electron chi connectivity index (χ4n) is 1.81. The number of amides is 1. The molecule has 0 radical (unpaired) electrons.